The van der Waals surface area contributed by atoms with Crippen LogP contribution >= 0.6 is 12.2 Å². The monoisotopic (exact) mass is 404 g/mol. The predicted octanol–water partition coefficient (Wildman–Crippen LogP) is 5.04. The van der Waals surface area contributed by atoms with Crippen LogP contribution in [-0.2, 0) is 6.42 Å². The molecule has 2 atom stereocenters. The maximum absolute atomic E-state index is 5.69. The third-order valence-electron chi connectivity index (χ3n) is 5.94. The Morgan fingerprint density at radius 2 is 1.83 bits per heavy atom. The minimum Gasteiger partial charge on any atom is -0.352 e. The van der Waals surface area contributed by atoms with Gasteiger partial charge in [-0.2, -0.15) is 0 Å². The van der Waals surface area contributed by atoms with E-state index in [1.165, 1.54) is 28.2 Å². The molecule has 3 heterocycles. The van der Waals surface area contributed by atoms with Crippen molar-refractivity contribution < 1.29 is 0 Å². The Bertz CT molecular complexity index is 1020. The topological polar surface area (TPSA) is 33.1 Å². The van der Waals surface area contributed by atoms with E-state index in [-0.39, 0.29) is 12.1 Å². The van der Waals surface area contributed by atoms with Gasteiger partial charge in [0.05, 0.1) is 17.8 Å². The van der Waals surface area contributed by atoms with E-state index in [0.29, 0.717) is 0 Å². The number of rotatable bonds is 5. The summed E-state index contributed by atoms with van der Waals surface area (Å²) in [5, 5.41) is 4.32. The second-order valence-electron chi connectivity index (χ2n) is 7.56. The van der Waals surface area contributed by atoms with E-state index in [1.807, 2.05) is 18.3 Å². The van der Waals surface area contributed by atoms with Gasteiger partial charge >= 0.3 is 0 Å². The van der Waals surface area contributed by atoms with Crippen LogP contribution in [0.5, 0.6) is 0 Å². The van der Waals surface area contributed by atoms with Gasteiger partial charge in [-0.05, 0) is 74.8 Å². The normalized spacial score (nSPS) is 18.9. The molecule has 0 unspecified atom stereocenters. The maximum Gasteiger partial charge on any atom is 0.170 e. The minimum absolute atomic E-state index is 0.0408. The third kappa shape index (κ3) is 3.33. The molecule has 29 heavy (non-hydrogen) atoms. The fraction of sp³-hybridized carbons (Fsp3) is 0.333. The molecule has 5 heteroatoms. The van der Waals surface area contributed by atoms with Crippen LogP contribution in [0.3, 0.4) is 0 Å². The Morgan fingerprint density at radius 1 is 1.07 bits per heavy atom. The third-order valence-corrected chi connectivity index (χ3v) is 6.29. The van der Waals surface area contributed by atoms with E-state index in [9.17, 15) is 0 Å². The van der Waals surface area contributed by atoms with Crippen molar-refractivity contribution in [2.24, 2.45) is 0 Å². The number of thiocarbonyl (C=S) groups is 1. The number of para-hydroxylation sites is 1. The number of hydrogen-bond acceptors (Lipinski definition) is 2. The molecule has 1 N–H and O–H groups in total. The Kier molecular flexibility index (Phi) is 5.41. The van der Waals surface area contributed by atoms with Crippen LogP contribution in [0, 0.1) is 13.8 Å². The van der Waals surface area contributed by atoms with Gasteiger partial charge in [0.25, 0.3) is 0 Å². The van der Waals surface area contributed by atoms with Crippen molar-refractivity contribution in [3.05, 3.63) is 82.9 Å². The minimum atomic E-state index is 0.0408. The number of benzene rings is 1. The predicted molar refractivity (Wildman–Crippen MR) is 122 cm³/mol. The number of pyridine rings is 1. The first-order chi connectivity index (χ1) is 14.1. The van der Waals surface area contributed by atoms with Crippen LogP contribution in [0.15, 0.2) is 54.7 Å². The van der Waals surface area contributed by atoms with Gasteiger partial charge in [-0.3, -0.25) is 4.98 Å². The highest BCUT2D eigenvalue weighted by atomic mass is 32.1. The summed E-state index contributed by atoms with van der Waals surface area (Å²) in [5.41, 5.74) is 7.45. The number of nitrogens with one attached hydrogen (secondary N) is 1. The first kappa shape index (κ1) is 19.6. The number of hydrogen-bond donors (Lipinski definition) is 1. The average Bonchev–Trinajstić information content (AvgIpc) is 3.23. The lowest BCUT2D eigenvalue weighted by atomic mass is 9.97. The van der Waals surface area contributed by atoms with Crippen LogP contribution in [-0.4, -0.2) is 26.1 Å². The van der Waals surface area contributed by atoms with Gasteiger partial charge in [-0.25, -0.2) is 0 Å². The van der Waals surface area contributed by atoms with E-state index in [4.69, 9.17) is 12.2 Å². The number of likely N-dealkylation sites (N-methyl/N-ethyl adjacent to an activating group) is 1. The van der Waals surface area contributed by atoms with Crippen LogP contribution < -0.4 is 5.32 Å². The van der Waals surface area contributed by atoms with Gasteiger partial charge in [0, 0.05) is 29.8 Å². The van der Waals surface area contributed by atoms with Crippen molar-refractivity contribution in [2.75, 3.05) is 6.54 Å². The first-order valence-corrected chi connectivity index (χ1v) is 10.7. The molecule has 1 saturated heterocycles. The molecule has 150 valence electrons. The zero-order valence-electron chi connectivity index (χ0n) is 17.5. The van der Waals surface area contributed by atoms with Crippen molar-refractivity contribution in [1.82, 2.24) is 19.8 Å². The van der Waals surface area contributed by atoms with Crippen molar-refractivity contribution in [2.45, 2.75) is 46.2 Å². The summed E-state index contributed by atoms with van der Waals surface area (Å²) < 4.78 is 2.39. The Hall–Kier alpha value is -2.66. The lowest BCUT2D eigenvalue weighted by molar-refractivity contribution is 0.329. The second-order valence-corrected chi connectivity index (χ2v) is 7.94. The van der Waals surface area contributed by atoms with Crippen molar-refractivity contribution in [1.29, 1.82) is 0 Å². The molecule has 0 aliphatic carbocycles. The average molecular weight is 405 g/mol. The van der Waals surface area contributed by atoms with E-state index in [1.54, 1.807) is 0 Å². The largest absolute Gasteiger partial charge is 0.352 e. The molecule has 2 aromatic heterocycles. The van der Waals surface area contributed by atoms with E-state index in [2.05, 4.69) is 83.9 Å². The summed E-state index contributed by atoms with van der Waals surface area (Å²) in [6, 6.07) is 17.2. The zero-order chi connectivity index (χ0) is 20.5. The summed E-state index contributed by atoms with van der Waals surface area (Å²) in [6.45, 7) is 9.64. The van der Waals surface area contributed by atoms with Gasteiger partial charge in [0.15, 0.2) is 5.11 Å². The van der Waals surface area contributed by atoms with Crippen molar-refractivity contribution in [3.63, 3.8) is 0 Å². The lowest BCUT2D eigenvalue weighted by Gasteiger charge is -2.27. The Labute approximate surface area is 178 Å². The number of nitrogens with zero attached hydrogens (tertiary/aromatic N) is 3. The van der Waals surface area contributed by atoms with Gasteiger partial charge in [0.1, 0.15) is 0 Å². The lowest BCUT2D eigenvalue weighted by Crippen LogP contribution is -2.29. The fourth-order valence-corrected chi connectivity index (χ4v) is 4.94. The molecule has 1 aliphatic heterocycles. The molecule has 4 rings (SSSR count). The molecule has 0 radical (unpaired) electrons. The Morgan fingerprint density at radius 3 is 2.52 bits per heavy atom. The molecule has 3 aromatic rings. The molecule has 0 saturated carbocycles. The molecule has 1 aromatic carbocycles. The highest BCUT2D eigenvalue weighted by Gasteiger charge is 2.40. The van der Waals surface area contributed by atoms with E-state index < -0.39 is 0 Å². The van der Waals surface area contributed by atoms with E-state index in [0.717, 1.165) is 23.8 Å². The molecule has 0 amide bonds. The van der Waals surface area contributed by atoms with E-state index >= 15 is 0 Å². The summed E-state index contributed by atoms with van der Waals surface area (Å²) in [5.74, 6) is 0. The standard InChI is InChI=1S/C24H28N4S/c1-5-18-11-7-8-13-21(18)28-16(3)15-19(17(28)4)23-22(20-12-9-10-14-25-20)26-24(29)27(23)6-2/h7-15,22-23H,5-6H2,1-4H3,(H,26,29)/t22-,23-/m0/s1. The van der Waals surface area contributed by atoms with Gasteiger partial charge < -0.3 is 14.8 Å². The van der Waals surface area contributed by atoms with Crippen LogP contribution in [0.2, 0.25) is 0 Å². The summed E-state index contributed by atoms with van der Waals surface area (Å²) in [4.78, 5) is 6.91. The summed E-state index contributed by atoms with van der Waals surface area (Å²) >= 11 is 5.69. The molecule has 0 bridgehead atoms. The number of aromatic nitrogens is 2. The molecule has 4 nitrogen and oxygen atoms in total. The van der Waals surface area contributed by atoms with Crippen molar-refractivity contribution >= 4 is 17.3 Å². The summed E-state index contributed by atoms with van der Waals surface area (Å²) in [6.07, 6.45) is 2.86. The molecule has 1 fully saturated rings. The summed E-state index contributed by atoms with van der Waals surface area (Å²) in [7, 11) is 0. The quantitative estimate of drug-likeness (QED) is 0.604. The first-order valence-electron chi connectivity index (χ1n) is 10.3. The zero-order valence-corrected chi connectivity index (χ0v) is 18.3. The molecule has 1 aliphatic rings. The van der Waals surface area contributed by atoms with Gasteiger partial charge in [-0.1, -0.05) is 31.2 Å². The Balaban J connectivity index is 1.85. The molecular formula is C24H28N4S. The molecular weight excluding hydrogens is 376 g/mol. The smallest absolute Gasteiger partial charge is 0.170 e. The highest BCUT2D eigenvalue weighted by molar-refractivity contribution is 7.80. The van der Waals surface area contributed by atoms with Crippen LogP contribution in [0.25, 0.3) is 5.69 Å². The second kappa shape index (κ2) is 7.99. The highest BCUT2D eigenvalue weighted by Crippen LogP contribution is 2.41. The molecule has 0 spiro atoms. The van der Waals surface area contributed by atoms with Gasteiger partial charge in [-0.15, -0.1) is 0 Å². The number of aryl methyl sites for hydroxylation is 2. The van der Waals surface area contributed by atoms with Crippen LogP contribution in [0.1, 0.15) is 54.1 Å². The maximum atomic E-state index is 5.69. The SMILES string of the molecule is CCc1ccccc1-n1c(C)cc([C@H]2[C@H](c3ccccn3)NC(=S)N2CC)c1C. The fourth-order valence-electron chi connectivity index (χ4n) is 4.57. The van der Waals surface area contributed by atoms with Crippen LogP contribution in [0.4, 0.5) is 0 Å². The van der Waals surface area contributed by atoms with Crippen molar-refractivity contribution in [3.8, 4) is 5.69 Å². The van der Waals surface area contributed by atoms with Gasteiger partial charge in [0.2, 0.25) is 0 Å².